The second-order valence-corrected chi connectivity index (χ2v) is 5.79. The summed E-state index contributed by atoms with van der Waals surface area (Å²) in [6, 6.07) is 4.72. The predicted molar refractivity (Wildman–Crippen MR) is 85.2 cm³/mol. The fourth-order valence-electron chi connectivity index (χ4n) is 2.69. The Bertz CT molecular complexity index is 836. The predicted octanol–water partition coefficient (Wildman–Crippen LogP) is 1.47. The fourth-order valence-corrected chi connectivity index (χ4v) is 2.88. The normalized spacial score (nSPS) is 14.5. The number of nitrogens with two attached hydrogens (primary N) is 1. The first-order valence-corrected chi connectivity index (χ1v) is 7.34. The van der Waals surface area contributed by atoms with Crippen LogP contribution in [-0.4, -0.2) is 26.3 Å². The van der Waals surface area contributed by atoms with Gasteiger partial charge in [-0.25, -0.2) is 4.98 Å². The highest BCUT2D eigenvalue weighted by molar-refractivity contribution is 6.32. The Morgan fingerprint density at radius 1 is 1.48 bits per heavy atom. The van der Waals surface area contributed by atoms with E-state index in [1.54, 1.807) is 6.07 Å². The molecule has 8 nitrogen and oxygen atoms in total. The Morgan fingerprint density at radius 3 is 3.00 bits per heavy atom. The van der Waals surface area contributed by atoms with Crippen LogP contribution in [0.15, 0.2) is 23.0 Å². The molecule has 0 saturated heterocycles. The van der Waals surface area contributed by atoms with Gasteiger partial charge in [0.25, 0.3) is 11.2 Å². The molecule has 0 fully saturated rings. The Labute approximate surface area is 136 Å². The Hall–Kier alpha value is -2.45. The highest BCUT2D eigenvalue weighted by Gasteiger charge is 2.22. The van der Waals surface area contributed by atoms with Crippen LogP contribution in [-0.2, 0) is 19.5 Å². The lowest BCUT2D eigenvalue weighted by molar-refractivity contribution is -0.384. The Morgan fingerprint density at radius 2 is 2.26 bits per heavy atom. The van der Waals surface area contributed by atoms with Gasteiger partial charge in [-0.05, 0) is 11.6 Å². The third kappa shape index (κ3) is 3.17. The maximum atomic E-state index is 12.0. The smallest absolute Gasteiger partial charge is 0.288 e. The van der Waals surface area contributed by atoms with Crippen LogP contribution in [0, 0.1) is 10.1 Å². The number of H-pyrrole nitrogens is 1. The first kappa shape index (κ1) is 15.4. The zero-order valence-electron chi connectivity index (χ0n) is 12.1. The summed E-state index contributed by atoms with van der Waals surface area (Å²) in [5.74, 6) is 0.121. The van der Waals surface area contributed by atoms with E-state index >= 15 is 0 Å². The third-order valence-corrected chi connectivity index (χ3v) is 4.10. The lowest BCUT2D eigenvalue weighted by atomic mass is 10.1. The topological polar surface area (TPSA) is 118 Å². The molecule has 0 radical (unpaired) electrons. The van der Waals surface area contributed by atoms with E-state index in [2.05, 4.69) is 9.97 Å². The summed E-state index contributed by atoms with van der Waals surface area (Å²) in [6.45, 7) is 1.61. The van der Waals surface area contributed by atoms with Gasteiger partial charge in [0, 0.05) is 32.1 Å². The number of nitro groups is 1. The average Bonchev–Trinajstić information content (AvgIpc) is 2.49. The van der Waals surface area contributed by atoms with Crippen LogP contribution in [0.4, 0.5) is 11.6 Å². The molecule has 3 rings (SSSR count). The lowest BCUT2D eigenvalue weighted by Gasteiger charge is -2.27. The van der Waals surface area contributed by atoms with Gasteiger partial charge in [0.05, 0.1) is 16.2 Å². The molecule has 0 aliphatic carbocycles. The number of nitro benzene ring substituents is 1. The summed E-state index contributed by atoms with van der Waals surface area (Å²) < 4.78 is 0. The number of rotatable bonds is 3. The van der Waals surface area contributed by atoms with E-state index in [9.17, 15) is 14.9 Å². The molecule has 0 unspecified atom stereocenters. The monoisotopic (exact) mass is 335 g/mol. The number of halogens is 1. The second-order valence-electron chi connectivity index (χ2n) is 5.38. The SMILES string of the molecule is Nc1nc2c(c(=O)[nH]1)CN(Cc1ccc(Cl)c([N+](=O)[O-])c1)CC2. The van der Waals surface area contributed by atoms with Crippen LogP contribution < -0.4 is 11.3 Å². The van der Waals surface area contributed by atoms with Gasteiger partial charge in [-0.3, -0.25) is 24.8 Å². The number of hydrogen-bond donors (Lipinski definition) is 2. The van der Waals surface area contributed by atoms with Gasteiger partial charge in [-0.1, -0.05) is 17.7 Å². The van der Waals surface area contributed by atoms with E-state index in [0.29, 0.717) is 37.3 Å². The van der Waals surface area contributed by atoms with Crippen molar-refractivity contribution >= 4 is 23.2 Å². The molecule has 2 aromatic rings. The molecule has 0 spiro atoms. The number of nitrogens with one attached hydrogen (secondary N) is 1. The Kier molecular flexibility index (Phi) is 4.01. The van der Waals surface area contributed by atoms with E-state index < -0.39 is 4.92 Å². The van der Waals surface area contributed by atoms with Crippen molar-refractivity contribution in [3.8, 4) is 0 Å². The second kappa shape index (κ2) is 5.98. The molecule has 23 heavy (non-hydrogen) atoms. The number of aromatic amines is 1. The first-order valence-electron chi connectivity index (χ1n) is 6.97. The van der Waals surface area contributed by atoms with Crippen molar-refractivity contribution in [2.45, 2.75) is 19.5 Å². The largest absolute Gasteiger partial charge is 0.369 e. The number of anilines is 1. The summed E-state index contributed by atoms with van der Waals surface area (Å²) >= 11 is 5.82. The summed E-state index contributed by atoms with van der Waals surface area (Å²) in [7, 11) is 0. The highest BCUT2D eigenvalue weighted by atomic mass is 35.5. The van der Waals surface area contributed by atoms with Gasteiger partial charge < -0.3 is 5.73 Å². The molecule has 1 aliphatic heterocycles. The molecule has 9 heteroatoms. The summed E-state index contributed by atoms with van der Waals surface area (Å²) in [4.78, 5) is 31.1. The van der Waals surface area contributed by atoms with Crippen LogP contribution in [0.25, 0.3) is 0 Å². The molecule has 1 aliphatic rings. The molecule has 3 N–H and O–H groups in total. The summed E-state index contributed by atoms with van der Waals surface area (Å²) in [5.41, 5.74) is 7.26. The highest BCUT2D eigenvalue weighted by Crippen LogP contribution is 2.26. The first-order chi connectivity index (χ1) is 10.9. The average molecular weight is 336 g/mol. The molecule has 1 aromatic carbocycles. The fraction of sp³-hybridized carbons (Fsp3) is 0.286. The molecule has 0 atom stereocenters. The van der Waals surface area contributed by atoms with E-state index in [0.717, 1.165) is 5.56 Å². The molecular formula is C14H14ClN5O3. The molecule has 2 heterocycles. The minimum absolute atomic E-state index is 0.110. The van der Waals surface area contributed by atoms with Crippen molar-refractivity contribution in [1.29, 1.82) is 0 Å². The standard InChI is InChI=1S/C14H14ClN5O3/c15-10-2-1-8(5-12(10)20(22)23)6-19-4-3-11-9(7-19)13(21)18-14(16)17-11/h1-2,5H,3-4,6-7H2,(H3,16,17,18,21). The molecule has 0 bridgehead atoms. The number of hydrogen-bond acceptors (Lipinski definition) is 6. The van der Waals surface area contributed by atoms with E-state index in [4.69, 9.17) is 17.3 Å². The number of benzene rings is 1. The van der Waals surface area contributed by atoms with E-state index in [-0.39, 0.29) is 22.2 Å². The van der Waals surface area contributed by atoms with Gasteiger partial charge in [-0.15, -0.1) is 0 Å². The van der Waals surface area contributed by atoms with Gasteiger partial charge in [0.15, 0.2) is 0 Å². The maximum absolute atomic E-state index is 12.0. The third-order valence-electron chi connectivity index (χ3n) is 3.78. The van der Waals surface area contributed by atoms with Crippen molar-refractivity contribution in [1.82, 2.24) is 14.9 Å². The van der Waals surface area contributed by atoms with Crippen molar-refractivity contribution in [3.05, 3.63) is 60.5 Å². The molecular weight excluding hydrogens is 322 g/mol. The summed E-state index contributed by atoms with van der Waals surface area (Å²) in [6.07, 6.45) is 0.610. The minimum atomic E-state index is -0.505. The number of nitrogen functional groups attached to an aromatic ring is 1. The quantitative estimate of drug-likeness (QED) is 0.647. The van der Waals surface area contributed by atoms with E-state index in [1.165, 1.54) is 12.1 Å². The minimum Gasteiger partial charge on any atom is -0.369 e. The molecule has 1 aromatic heterocycles. The van der Waals surface area contributed by atoms with Gasteiger partial charge >= 0.3 is 0 Å². The van der Waals surface area contributed by atoms with E-state index in [1.807, 2.05) is 4.90 Å². The number of fused-ring (bicyclic) bond motifs is 1. The zero-order valence-corrected chi connectivity index (χ0v) is 12.8. The van der Waals surface area contributed by atoms with Crippen molar-refractivity contribution < 1.29 is 4.92 Å². The van der Waals surface area contributed by atoms with Gasteiger partial charge in [0.1, 0.15) is 5.02 Å². The number of nitrogens with zero attached hydrogens (tertiary/aromatic N) is 3. The van der Waals surface area contributed by atoms with Crippen LogP contribution in [0.2, 0.25) is 5.02 Å². The molecule has 120 valence electrons. The van der Waals surface area contributed by atoms with Crippen LogP contribution in [0.1, 0.15) is 16.8 Å². The molecule has 0 saturated carbocycles. The van der Waals surface area contributed by atoms with Crippen molar-refractivity contribution in [2.24, 2.45) is 0 Å². The lowest BCUT2D eigenvalue weighted by Crippen LogP contribution is -2.35. The molecule has 0 amide bonds. The van der Waals surface area contributed by atoms with Crippen molar-refractivity contribution in [3.63, 3.8) is 0 Å². The van der Waals surface area contributed by atoms with Gasteiger partial charge in [-0.2, -0.15) is 0 Å². The maximum Gasteiger partial charge on any atom is 0.288 e. The van der Waals surface area contributed by atoms with Crippen LogP contribution in [0.3, 0.4) is 0 Å². The summed E-state index contributed by atoms with van der Waals surface area (Å²) in [5, 5.41) is 11.1. The van der Waals surface area contributed by atoms with Gasteiger partial charge in [0.2, 0.25) is 5.95 Å². The van der Waals surface area contributed by atoms with Crippen molar-refractivity contribution in [2.75, 3.05) is 12.3 Å². The number of aromatic nitrogens is 2. The zero-order chi connectivity index (χ0) is 16.6. The van der Waals surface area contributed by atoms with Crippen LogP contribution >= 0.6 is 11.6 Å². The van der Waals surface area contributed by atoms with Crippen LogP contribution in [0.5, 0.6) is 0 Å². The Balaban J connectivity index is 1.81.